The molecule has 2 rings (SSSR count). The number of carbonyl (C=O) groups is 11. The summed E-state index contributed by atoms with van der Waals surface area (Å²) in [4.78, 5) is 149. The largest absolute Gasteiger partial charge is 0.480 e. The van der Waals surface area contributed by atoms with Crippen molar-refractivity contribution >= 4 is 71.4 Å². The molecule has 2 aromatic rings. The maximum Gasteiger partial charge on any atom is 0.416 e. The van der Waals surface area contributed by atoms with E-state index in [-0.39, 0.29) is 38.9 Å². The van der Waals surface area contributed by atoms with Crippen LogP contribution in [0.1, 0.15) is 91.7 Å². The van der Waals surface area contributed by atoms with E-state index in [1.165, 1.54) is 6.92 Å². The quantitative estimate of drug-likeness (QED) is 0.0282. The number of primary amides is 1. The fourth-order valence-electron chi connectivity index (χ4n) is 7.76. The first kappa shape index (κ1) is 70.0. The van der Waals surface area contributed by atoms with Gasteiger partial charge in [0.25, 0.3) is 5.91 Å². The third-order valence-corrected chi connectivity index (χ3v) is 12.6. The number of ether oxygens (including phenoxy) is 2. The Kier molecular flexibility index (Phi) is 29.8. The maximum absolute atomic E-state index is 15.1. The molecule has 17 N–H and O–H groups in total. The fourth-order valence-corrected chi connectivity index (χ4v) is 7.76. The van der Waals surface area contributed by atoms with E-state index in [4.69, 9.17) is 32.1 Å². The SMILES string of the molecule is CCC(C)[C@@H](C(=O)N[C@H](C(=O)NCC(=O)N[C@@H](CC(N)=O)C(=O)N[C@@H](CO)C(=O)O)[C@H](C)O)N(C(=O)[C@H](N)CCCN(C(=N)NC(=O)OCc1ccccc1)C(=O)OCc1ccccc1)C(=O)[C@H](CC(C)C)NC(=O)[C@@H](N)[C@H](O)C(C)C. The number of imide groups is 1. The minimum atomic E-state index is -1.95. The van der Waals surface area contributed by atoms with Crippen LogP contribution in [0.15, 0.2) is 60.7 Å². The highest BCUT2D eigenvalue weighted by Crippen LogP contribution is 2.22. The van der Waals surface area contributed by atoms with Crippen molar-refractivity contribution in [1.82, 2.24) is 41.7 Å². The summed E-state index contributed by atoms with van der Waals surface area (Å²) in [5.74, 6) is -13.7. The van der Waals surface area contributed by atoms with Gasteiger partial charge in [-0.1, -0.05) is 109 Å². The maximum atomic E-state index is 15.1. The molecule has 0 spiro atoms. The number of nitrogens with zero attached hydrogens (tertiary/aromatic N) is 2. The molecule has 0 saturated heterocycles. The molecule has 0 aliphatic heterocycles. The van der Waals surface area contributed by atoms with E-state index in [1.807, 2.05) is 5.32 Å². The predicted molar refractivity (Wildman–Crippen MR) is 292 cm³/mol. The molecule has 2 aromatic carbocycles. The molecule has 29 heteroatoms. The third-order valence-electron chi connectivity index (χ3n) is 12.6. The van der Waals surface area contributed by atoms with E-state index in [9.17, 15) is 68.4 Å². The van der Waals surface area contributed by atoms with E-state index in [2.05, 4.69) is 26.6 Å². The molecule has 0 aromatic heterocycles. The molecule has 0 aliphatic rings. The summed E-state index contributed by atoms with van der Waals surface area (Å²) < 4.78 is 10.7. The van der Waals surface area contributed by atoms with Crippen LogP contribution in [0.2, 0.25) is 0 Å². The normalized spacial score (nSPS) is 14.8. The second-order valence-electron chi connectivity index (χ2n) is 20.1. The zero-order valence-electron chi connectivity index (χ0n) is 47.0. The van der Waals surface area contributed by atoms with Crippen molar-refractivity contribution in [1.29, 1.82) is 5.41 Å². The van der Waals surface area contributed by atoms with Crippen molar-refractivity contribution in [3.8, 4) is 0 Å². The Labute approximate surface area is 474 Å². The molecule has 0 saturated carbocycles. The van der Waals surface area contributed by atoms with Gasteiger partial charge in [0.15, 0.2) is 0 Å². The number of nitrogens with one attached hydrogen (secondary N) is 7. The van der Waals surface area contributed by atoms with Gasteiger partial charge in [-0.3, -0.25) is 54.0 Å². The highest BCUT2D eigenvalue weighted by molar-refractivity contribution is 6.06. The fraction of sp³-hybridized carbons (Fsp3) is 0.547. The van der Waals surface area contributed by atoms with Crippen molar-refractivity contribution in [3.63, 3.8) is 0 Å². The van der Waals surface area contributed by atoms with Gasteiger partial charge in [-0.15, -0.1) is 0 Å². The standard InChI is InChI=1S/C53H80N12O17/c1-8-30(6)42(47(74)62-41(31(7)67)46(73)58-24-39(69)59-35(23-38(55)68)44(71)61-37(25-66)50(77)78)65(49(76)36(22-28(2)3)60-45(72)40(56)43(70)29(4)5)48(75)34(54)20-15-21-64(53(80)82-27-33-18-13-10-14-19-33)51(57)63-52(79)81-26-32-16-11-9-12-17-32/h9-14,16-19,28-31,34-37,40-43,66-67,70H,8,15,20-27,54,56H2,1-7H3,(H2,55,68)(H,58,73)(H,59,69)(H,60,72)(H,61,71)(H,62,74)(H,77,78)(H2,57,63,79)/t30?,31-,34+,35-,36-,37-,40-,41-,42-,43+/m0/s1. The van der Waals surface area contributed by atoms with Crippen LogP contribution in [0.4, 0.5) is 9.59 Å². The minimum absolute atomic E-state index is 0.0528. The van der Waals surface area contributed by atoms with Crippen LogP contribution in [0.25, 0.3) is 0 Å². The average molecular weight is 1160 g/mol. The van der Waals surface area contributed by atoms with Gasteiger partial charge in [0, 0.05) is 6.54 Å². The number of hydrogen-bond donors (Lipinski definition) is 14. The molecular formula is C53H80N12O17. The van der Waals surface area contributed by atoms with Crippen molar-refractivity contribution in [3.05, 3.63) is 71.8 Å². The van der Waals surface area contributed by atoms with Gasteiger partial charge in [0.05, 0.1) is 37.8 Å². The number of nitrogens with two attached hydrogens (primary N) is 3. The lowest BCUT2D eigenvalue weighted by molar-refractivity contribution is -0.157. The van der Waals surface area contributed by atoms with Crippen molar-refractivity contribution in [2.45, 2.75) is 148 Å². The van der Waals surface area contributed by atoms with E-state index in [1.54, 1.807) is 95.3 Å². The molecule has 1 unspecified atom stereocenters. The second-order valence-corrected chi connectivity index (χ2v) is 20.1. The van der Waals surface area contributed by atoms with Gasteiger partial charge >= 0.3 is 18.2 Å². The van der Waals surface area contributed by atoms with Crippen molar-refractivity contribution in [2.75, 3.05) is 19.7 Å². The summed E-state index contributed by atoms with van der Waals surface area (Å²) >= 11 is 0. The van der Waals surface area contributed by atoms with Crippen LogP contribution < -0.4 is 49.1 Å². The van der Waals surface area contributed by atoms with Crippen molar-refractivity contribution < 1.29 is 82.6 Å². The monoisotopic (exact) mass is 1160 g/mol. The molecular weight excluding hydrogens is 1080 g/mol. The van der Waals surface area contributed by atoms with Gasteiger partial charge in [-0.05, 0) is 55.1 Å². The van der Waals surface area contributed by atoms with Gasteiger partial charge in [-0.25, -0.2) is 19.3 Å². The summed E-state index contributed by atoms with van der Waals surface area (Å²) in [6.07, 6.45) is -6.94. The molecule has 0 heterocycles. The molecule has 0 radical (unpaired) electrons. The summed E-state index contributed by atoms with van der Waals surface area (Å²) in [6.45, 7) is 7.78. The van der Waals surface area contributed by atoms with Crippen LogP contribution in [0.5, 0.6) is 0 Å². The first-order valence-corrected chi connectivity index (χ1v) is 26.4. The lowest BCUT2D eigenvalue weighted by atomic mass is 9.92. The number of aliphatic hydroxyl groups is 3. The highest BCUT2D eigenvalue weighted by atomic mass is 16.6. The lowest BCUT2D eigenvalue weighted by Gasteiger charge is -2.38. The van der Waals surface area contributed by atoms with E-state index in [0.29, 0.717) is 16.0 Å². The second kappa shape index (κ2) is 34.9. The van der Waals surface area contributed by atoms with E-state index < -0.39 is 170 Å². The number of carboxylic acids is 1. The summed E-state index contributed by atoms with van der Waals surface area (Å²) in [7, 11) is 0. The third kappa shape index (κ3) is 23.2. The van der Waals surface area contributed by atoms with Crippen LogP contribution in [0.3, 0.4) is 0 Å². The smallest absolute Gasteiger partial charge is 0.416 e. The molecule has 0 aliphatic carbocycles. The number of aliphatic carboxylic acids is 1. The summed E-state index contributed by atoms with van der Waals surface area (Å²) in [5, 5.41) is 62.0. The Hall–Kier alpha value is -8.12. The molecule has 10 amide bonds. The molecule has 29 nitrogen and oxygen atoms in total. The zero-order chi connectivity index (χ0) is 62.0. The Bertz CT molecular complexity index is 2500. The van der Waals surface area contributed by atoms with Gasteiger partial charge < -0.3 is 73.7 Å². The molecule has 82 heavy (non-hydrogen) atoms. The number of benzene rings is 2. The number of carboxylic acid groups (broad SMARTS) is 1. The molecule has 0 fully saturated rings. The van der Waals surface area contributed by atoms with E-state index in [0.717, 1.165) is 11.8 Å². The molecule has 0 bridgehead atoms. The molecule has 454 valence electrons. The number of amides is 10. The Balaban J connectivity index is 2.59. The average Bonchev–Trinajstić information content (AvgIpc) is 3.54. The van der Waals surface area contributed by atoms with Crippen molar-refractivity contribution in [2.24, 2.45) is 35.0 Å². The topological polar surface area (TPSA) is 468 Å². The number of hydrogen-bond acceptors (Lipinski definition) is 19. The highest BCUT2D eigenvalue weighted by Gasteiger charge is 2.45. The summed E-state index contributed by atoms with van der Waals surface area (Å²) in [5.41, 5.74) is 19.1. The number of carbonyl (C=O) groups excluding carboxylic acids is 10. The van der Waals surface area contributed by atoms with Gasteiger partial charge in [0.1, 0.15) is 49.5 Å². The number of aliphatic hydroxyl groups excluding tert-OH is 3. The van der Waals surface area contributed by atoms with Gasteiger partial charge in [0.2, 0.25) is 47.3 Å². The summed E-state index contributed by atoms with van der Waals surface area (Å²) in [6, 6.07) is 4.73. The predicted octanol–water partition coefficient (Wildman–Crippen LogP) is -1.86. The van der Waals surface area contributed by atoms with Crippen LogP contribution in [-0.2, 0) is 65.8 Å². The zero-order valence-corrected chi connectivity index (χ0v) is 47.0. The Morgan fingerprint density at radius 2 is 1.27 bits per heavy atom. The van der Waals surface area contributed by atoms with Crippen LogP contribution >= 0.6 is 0 Å². The number of alkyl carbamates (subject to hydrolysis) is 1. The Morgan fingerprint density at radius 3 is 1.77 bits per heavy atom. The number of guanidine groups is 1. The first-order chi connectivity index (χ1) is 38.5. The minimum Gasteiger partial charge on any atom is -0.480 e. The number of rotatable bonds is 32. The first-order valence-electron chi connectivity index (χ1n) is 26.4. The Morgan fingerprint density at radius 1 is 0.707 bits per heavy atom. The van der Waals surface area contributed by atoms with Crippen LogP contribution in [-0.4, -0.2) is 176 Å². The molecule has 10 atom stereocenters. The van der Waals surface area contributed by atoms with E-state index >= 15 is 4.79 Å². The van der Waals surface area contributed by atoms with Crippen LogP contribution in [0, 0.1) is 23.2 Å². The lowest BCUT2D eigenvalue weighted by Crippen LogP contribution is -2.65. The van der Waals surface area contributed by atoms with Gasteiger partial charge in [-0.2, -0.15) is 0 Å².